The van der Waals surface area contributed by atoms with E-state index in [-0.39, 0.29) is 12.5 Å². The van der Waals surface area contributed by atoms with E-state index in [1.54, 1.807) is 24.3 Å². The summed E-state index contributed by atoms with van der Waals surface area (Å²) in [5, 5.41) is 3.22. The fourth-order valence-electron chi connectivity index (χ4n) is 2.31. The summed E-state index contributed by atoms with van der Waals surface area (Å²) in [6, 6.07) is 9.90. The number of carbonyl (C=O) groups is 1. The normalized spacial score (nSPS) is 14.0. The molecule has 3 rings (SSSR count). The van der Waals surface area contributed by atoms with Gasteiger partial charge in [0.05, 0.1) is 16.4 Å². The minimum atomic E-state index is -0.394. The average Bonchev–Trinajstić information content (AvgIpc) is 2.63. The van der Waals surface area contributed by atoms with Gasteiger partial charge in [0.2, 0.25) is 5.91 Å². The lowest BCUT2D eigenvalue weighted by molar-refractivity contribution is -0.114. The van der Waals surface area contributed by atoms with Crippen LogP contribution in [-0.2, 0) is 4.79 Å². The molecule has 0 atom stereocenters. The molecule has 0 saturated carbocycles. The van der Waals surface area contributed by atoms with Crippen molar-refractivity contribution in [2.45, 2.75) is 6.92 Å². The number of hydrogen-bond donors (Lipinski definition) is 1. The molecule has 0 aromatic heterocycles. The van der Waals surface area contributed by atoms with Gasteiger partial charge in [0, 0.05) is 11.1 Å². The van der Waals surface area contributed by atoms with Gasteiger partial charge in [-0.05, 0) is 30.7 Å². The van der Waals surface area contributed by atoms with Gasteiger partial charge in [-0.2, -0.15) is 0 Å². The Morgan fingerprint density at radius 3 is 2.76 bits per heavy atom. The summed E-state index contributed by atoms with van der Waals surface area (Å²) in [6.07, 6.45) is 0. The molecule has 1 N–H and O–H groups in total. The van der Waals surface area contributed by atoms with Crippen molar-refractivity contribution >= 4 is 28.9 Å². The highest BCUT2D eigenvalue weighted by Crippen LogP contribution is 2.32. The molecule has 2 aromatic carbocycles. The smallest absolute Gasteiger partial charge is 0.246 e. The Morgan fingerprint density at radius 1 is 1.24 bits per heavy atom. The maximum absolute atomic E-state index is 14.1. The highest BCUT2D eigenvalue weighted by Gasteiger charge is 2.23. The van der Waals surface area contributed by atoms with E-state index < -0.39 is 5.82 Å². The summed E-state index contributed by atoms with van der Waals surface area (Å²) in [5.74, 6) is -0.642. The fourth-order valence-corrected chi connectivity index (χ4v) is 2.56. The minimum absolute atomic E-state index is 0.0618. The number of aryl methyl sites for hydroxylation is 1. The lowest BCUT2D eigenvalue weighted by Crippen LogP contribution is -2.13. The number of aliphatic imine (C=N–C) groups is 1. The van der Waals surface area contributed by atoms with Gasteiger partial charge in [-0.1, -0.05) is 29.8 Å². The van der Waals surface area contributed by atoms with Crippen LogP contribution in [0, 0.1) is 12.7 Å². The molecule has 106 valence electrons. The molecule has 0 bridgehead atoms. The first-order chi connectivity index (χ1) is 10.1. The lowest BCUT2D eigenvalue weighted by Gasteiger charge is -2.14. The number of benzene rings is 2. The second-order valence-corrected chi connectivity index (χ2v) is 5.19. The molecule has 0 radical (unpaired) electrons. The van der Waals surface area contributed by atoms with E-state index in [0.29, 0.717) is 27.5 Å². The Hall–Kier alpha value is -2.20. The van der Waals surface area contributed by atoms with Gasteiger partial charge < -0.3 is 5.32 Å². The van der Waals surface area contributed by atoms with Gasteiger partial charge in [-0.25, -0.2) is 4.39 Å². The zero-order chi connectivity index (χ0) is 15.0. The first-order valence-electron chi connectivity index (χ1n) is 6.46. The molecule has 0 aliphatic carbocycles. The molecule has 0 saturated heterocycles. The second kappa shape index (κ2) is 5.30. The van der Waals surface area contributed by atoms with E-state index in [0.717, 1.165) is 5.56 Å². The van der Waals surface area contributed by atoms with Gasteiger partial charge in [0.25, 0.3) is 0 Å². The summed E-state index contributed by atoms with van der Waals surface area (Å²) in [4.78, 5) is 16.0. The quantitative estimate of drug-likeness (QED) is 0.859. The van der Waals surface area contributed by atoms with Gasteiger partial charge >= 0.3 is 0 Å². The number of nitrogens with zero attached hydrogens (tertiary/aromatic N) is 1. The number of rotatable bonds is 1. The molecular formula is C16H12ClFN2O. The first kappa shape index (κ1) is 13.8. The van der Waals surface area contributed by atoms with Crippen LogP contribution in [0.25, 0.3) is 0 Å². The van der Waals surface area contributed by atoms with Crippen LogP contribution >= 0.6 is 11.6 Å². The van der Waals surface area contributed by atoms with Crippen LogP contribution in [0.3, 0.4) is 0 Å². The zero-order valence-corrected chi connectivity index (χ0v) is 12.0. The molecule has 0 unspecified atom stereocenters. The lowest BCUT2D eigenvalue weighted by atomic mass is 9.98. The van der Waals surface area contributed by atoms with Crippen molar-refractivity contribution in [3.05, 3.63) is 63.9 Å². The number of hydrogen-bond acceptors (Lipinski definition) is 2. The molecular weight excluding hydrogens is 291 g/mol. The van der Waals surface area contributed by atoms with Gasteiger partial charge in [-0.3, -0.25) is 9.79 Å². The van der Waals surface area contributed by atoms with Gasteiger partial charge in [0.15, 0.2) is 0 Å². The van der Waals surface area contributed by atoms with Crippen LogP contribution < -0.4 is 5.32 Å². The Labute approximate surface area is 126 Å². The number of halogens is 2. The summed E-state index contributed by atoms with van der Waals surface area (Å²) in [6.45, 7) is 1.79. The van der Waals surface area contributed by atoms with Crippen LogP contribution in [0.4, 0.5) is 10.1 Å². The zero-order valence-electron chi connectivity index (χ0n) is 11.3. The van der Waals surface area contributed by atoms with Crippen molar-refractivity contribution < 1.29 is 9.18 Å². The minimum Gasteiger partial charge on any atom is -0.324 e. The van der Waals surface area contributed by atoms with E-state index in [9.17, 15) is 9.18 Å². The number of amides is 1. The van der Waals surface area contributed by atoms with E-state index >= 15 is 0 Å². The molecule has 3 nitrogen and oxygen atoms in total. The number of anilines is 1. The summed E-state index contributed by atoms with van der Waals surface area (Å²) in [5.41, 5.74) is 2.69. The SMILES string of the molecule is Cc1ccc2c(c1Cl)C(c1ccccc1F)=NCC(=O)N2. The van der Waals surface area contributed by atoms with Crippen LogP contribution in [0.2, 0.25) is 5.02 Å². The van der Waals surface area contributed by atoms with Crippen molar-refractivity contribution in [3.63, 3.8) is 0 Å². The van der Waals surface area contributed by atoms with E-state index in [2.05, 4.69) is 10.3 Å². The first-order valence-corrected chi connectivity index (χ1v) is 6.84. The Morgan fingerprint density at radius 2 is 2.00 bits per heavy atom. The summed E-state index contributed by atoms with van der Waals surface area (Å²) in [7, 11) is 0. The third-order valence-electron chi connectivity index (χ3n) is 3.36. The molecule has 1 amide bonds. The topological polar surface area (TPSA) is 41.5 Å². The maximum Gasteiger partial charge on any atom is 0.246 e. The largest absolute Gasteiger partial charge is 0.324 e. The molecule has 5 heteroatoms. The summed E-state index contributed by atoms with van der Waals surface area (Å²) >= 11 is 6.37. The Kier molecular flexibility index (Phi) is 3.47. The number of carbonyl (C=O) groups excluding carboxylic acids is 1. The van der Waals surface area contributed by atoms with Gasteiger partial charge in [-0.15, -0.1) is 0 Å². The van der Waals surface area contributed by atoms with E-state index in [1.165, 1.54) is 6.07 Å². The number of benzodiazepines with no additional fused rings is 1. The van der Waals surface area contributed by atoms with Crippen molar-refractivity contribution in [1.82, 2.24) is 0 Å². The second-order valence-electron chi connectivity index (χ2n) is 4.81. The molecule has 1 aliphatic heterocycles. The predicted octanol–water partition coefficient (Wildman–Crippen LogP) is 3.58. The van der Waals surface area contributed by atoms with Crippen LogP contribution in [0.15, 0.2) is 41.4 Å². The van der Waals surface area contributed by atoms with Crippen LogP contribution in [0.1, 0.15) is 16.7 Å². The van der Waals surface area contributed by atoms with E-state index in [1.807, 2.05) is 13.0 Å². The molecule has 1 aliphatic rings. The monoisotopic (exact) mass is 302 g/mol. The fraction of sp³-hybridized carbons (Fsp3) is 0.125. The van der Waals surface area contributed by atoms with Crippen molar-refractivity contribution in [2.24, 2.45) is 4.99 Å². The van der Waals surface area contributed by atoms with E-state index in [4.69, 9.17) is 11.6 Å². The maximum atomic E-state index is 14.1. The molecule has 2 aromatic rings. The number of nitrogens with one attached hydrogen (secondary N) is 1. The van der Waals surface area contributed by atoms with Crippen molar-refractivity contribution in [1.29, 1.82) is 0 Å². The third-order valence-corrected chi connectivity index (χ3v) is 3.84. The highest BCUT2D eigenvalue weighted by molar-refractivity contribution is 6.37. The molecule has 0 fully saturated rings. The molecule has 0 spiro atoms. The average molecular weight is 303 g/mol. The Balaban J connectivity index is 2.30. The van der Waals surface area contributed by atoms with Crippen molar-refractivity contribution in [3.8, 4) is 0 Å². The van der Waals surface area contributed by atoms with Crippen molar-refractivity contribution in [2.75, 3.05) is 11.9 Å². The highest BCUT2D eigenvalue weighted by atomic mass is 35.5. The Bertz CT molecular complexity index is 771. The summed E-state index contributed by atoms with van der Waals surface area (Å²) < 4.78 is 14.1. The third kappa shape index (κ3) is 2.43. The number of fused-ring (bicyclic) bond motifs is 1. The predicted molar refractivity (Wildman–Crippen MR) is 81.7 cm³/mol. The van der Waals surface area contributed by atoms with Crippen LogP contribution in [0.5, 0.6) is 0 Å². The standard InChI is InChI=1S/C16H12ClFN2O/c1-9-6-7-12-14(15(9)17)16(19-8-13(21)20-12)10-4-2-3-5-11(10)18/h2-7H,8H2,1H3,(H,20,21). The molecule has 1 heterocycles. The van der Waals surface area contributed by atoms with Gasteiger partial charge in [0.1, 0.15) is 12.4 Å². The molecule has 21 heavy (non-hydrogen) atoms. The van der Waals surface area contributed by atoms with Crippen LogP contribution in [-0.4, -0.2) is 18.2 Å².